The molecular weight excluding hydrogens is 210 g/mol. The number of phenolic OH excluding ortho intramolecular Hbond substituents is 1. The monoisotopic (exact) mass is 227 g/mol. The summed E-state index contributed by atoms with van der Waals surface area (Å²) in [5.41, 5.74) is 2.18. The van der Waals surface area contributed by atoms with Crippen molar-refractivity contribution < 1.29 is 5.11 Å². The van der Waals surface area contributed by atoms with Crippen LogP contribution in [0.1, 0.15) is 24.1 Å². The van der Waals surface area contributed by atoms with Crippen LogP contribution in [0.2, 0.25) is 0 Å². The van der Waals surface area contributed by atoms with Gasteiger partial charge in [-0.15, -0.1) is 0 Å². The Labute approximate surface area is 102 Å². The van der Waals surface area contributed by atoms with Gasteiger partial charge in [-0.3, -0.25) is 0 Å². The number of hydrogen-bond acceptors (Lipinski definition) is 2. The van der Waals surface area contributed by atoms with Crippen LogP contribution in [-0.2, 0) is 6.54 Å². The molecule has 0 aliphatic rings. The highest BCUT2D eigenvalue weighted by molar-refractivity contribution is 5.34. The van der Waals surface area contributed by atoms with Crippen LogP contribution in [0, 0.1) is 0 Å². The lowest BCUT2D eigenvalue weighted by Crippen LogP contribution is -2.18. The van der Waals surface area contributed by atoms with E-state index in [1.165, 1.54) is 5.56 Å². The van der Waals surface area contributed by atoms with Gasteiger partial charge in [0.05, 0.1) is 0 Å². The second-order valence-electron chi connectivity index (χ2n) is 4.15. The molecule has 0 saturated heterocycles. The lowest BCUT2D eigenvalue weighted by atomic mass is 10.1. The van der Waals surface area contributed by atoms with Crippen LogP contribution in [-0.4, -0.2) is 5.11 Å². The van der Waals surface area contributed by atoms with E-state index in [9.17, 15) is 5.11 Å². The maximum atomic E-state index is 9.74. The Kier molecular flexibility index (Phi) is 3.78. The van der Waals surface area contributed by atoms with E-state index in [1.54, 1.807) is 6.07 Å². The molecule has 2 N–H and O–H groups in total. The van der Waals surface area contributed by atoms with Gasteiger partial charge in [-0.2, -0.15) is 0 Å². The third-order valence-electron chi connectivity index (χ3n) is 2.86. The normalized spacial score (nSPS) is 12.3. The number of aromatic hydroxyl groups is 1. The van der Waals surface area contributed by atoms with Crippen molar-refractivity contribution in [1.29, 1.82) is 0 Å². The second kappa shape index (κ2) is 5.51. The largest absolute Gasteiger partial charge is 0.508 e. The molecule has 2 aromatic carbocycles. The average Bonchev–Trinajstić information content (AvgIpc) is 2.38. The van der Waals surface area contributed by atoms with E-state index in [4.69, 9.17) is 0 Å². The van der Waals surface area contributed by atoms with Crippen LogP contribution in [0.3, 0.4) is 0 Å². The van der Waals surface area contributed by atoms with Gasteiger partial charge in [0, 0.05) is 18.2 Å². The van der Waals surface area contributed by atoms with Crippen molar-refractivity contribution in [3.8, 4) is 5.75 Å². The third-order valence-corrected chi connectivity index (χ3v) is 2.86. The number of nitrogens with one attached hydrogen (secondary N) is 1. The molecule has 0 aliphatic heterocycles. The van der Waals surface area contributed by atoms with Crippen LogP contribution in [0.4, 0.5) is 0 Å². The summed E-state index contributed by atoms with van der Waals surface area (Å²) in [6, 6.07) is 17.8. The molecule has 2 rings (SSSR count). The summed E-state index contributed by atoms with van der Waals surface area (Å²) in [6.07, 6.45) is 0. The molecule has 0 fully saturated rings. The topological polar surface area (TPSA) is 32.3 Å². The Bertz CT molecular complexity index is 467. The van der Waals surface area contributed by atoms with Crippen LogP contribution in [0.15, 0.2) is 54.6 Å². The van der Waals surface area contributed by atoms with Gasteiger partial charge in [0.25, 0.3) is 0 Å². The predicted octanol–water partition coefficient (Wildman–Crippen LogP) is 3.24. The Morgan fingerprint density at radius 2 is 1.65 bits per heavy atom. The van der Waals surface area contributed by atoms with Gasteiger partial charge in [-0.25, -0.2) is 0 Å². The predicted molar refractivity (Wildman–Crippen MR) is 69.8 cm³/mol. The van der Waals surface area contributed by atoms with Gasteiger partial charge in [-0.05, 0) is 18.6 Å². The van der Waals surface area contributed by atoms with Crippen LogP contribution < -0.4 is 5.32 Å². The summed E-state index contributed by atoms with van der Waals surface area (Å²) in [6.45, 7) is 2.86. The van der Waals surface area contributed by atoms with Crippen LogP contribution in [0.5, 0.6) is 5.75 Å². The zero-order valence-corrected chi connectivity index (χ0v) is 9.93. The highest BCUT2D eigenvalue weighted by atomic mass is 16.3. The molecule has 0 saturated carbocycles. The lowest BCUT2D eigenvalue weighted by Gasteiger charge is -2.15. The lowest BCUT2D eigenvalue weighted by molar-refractivity contribution is 0.452. The van der Waals surface area contributed by atoms with Crippen molar-refractivity contribution in [2.24, 2.45) is 0 Å². The molecule has 0 aliphatic carbocycles. The summed E-state index contributed by atoms with van der Waals surface area (Å²) in [5.74, 6) is 0.348. The molecule has 0 unspecified atom stereocenters. The molecule has 88 valence electrons. The van der Waals surface area contributed by atoms with E-state index in [0.29, 0.717) is 5.75 Å². The van der Waals surface area contributed by atoms with Crippen molar-refractivity contribution in [2.75, 3.05) is 0 Å². The molecule has 2 nitrogen and oxygen atoms in total. The first-order valence-corrected chi connectivity index (χ1v) is 5.82. The minimum atomic E-state index is 0.136. The van der Waals surface area contributed by atoms with Crippen molar-refractivity contribution >= 4 is 0 Å². The molecule has 17 heavy (non-hydrogen) atoms. The zero-order valence-electron chi connectivity index (χ0n) is 9.93. The minimum absolute atomic E-state index is 0.136. The molecule has 0 heterocycles. The van der Waals surface area contributed by atoms with Gasteiger partial charge in [-0.1, -0.05) is 48.5 Å². The fourth-order valence-electron chi connectivity index (χ4n) is 1.83. The summed E-state index contributed by atoms with van der Waals surface area (Å²) in [5, 5.41) is 13.1. The maximum Gasteiger partial charge on any atom is 0.120 e. The van der Waals surface area contributed by atoms with Crippen molar-refractivity contribution in [3.05, 3.63) is 65.7 Å². The van der Waals surface area contributed by atoms with E-state index >= 15 is 0 Å². The molecule has 2 aromatic rings. The first-order valence-electron chi connectivity index (χ1n) is 5.82. The van der Waals surface area contributed by atoms with Gasteiger partial charge in [0.15, 0.2) is 0 Å². The molecule has 0 amide bonds. The fourth-order valence-corrected chi connectivity index (χ4v) is 1.83. The molecule has 2 heteroatoms. The SMILES string of the molecule is C[C@H](NCc1ccccc1)c1ccccc1O. The van der Waals surface area contributed by atoms with E-state index in [0.717, 1.165) is 12.1 Å². The number of hydrogen-bond donors (Lipinski definition) is 2. The van der Waals surface area contributed by atoms with Gasteiger partial charge in [0.2, 0.25) is 0 Å². The van der Waals surface area contributed by atoms with Gasteiger partial charge in [0.1, 0.15) is 5.75 Å². The van der Waals surface area contributed by atoms with E-state index < -0.39 is 0 Å². The first-order chi connectivity index (χ1) is 8.27. The maximum absolute atomic E-state index is 9.74. The second-order valence-corrected chi connectivity index (χ2v) is 4.15. The van der Waals surface area contributed by atoms with Gasteiger partial charge < -0.3 is 10.4 Å². The van der Waals surface area contributed by atoms with E-state index in [-0.39, 0.29) is 6.04 Å². The standard InChI is InChI=1S/C15H17NO/c1-12(14-9-5-6-10-15(14)17)16-11-13-7-3-2-4-8-13/h2-10,12,16-17H,11H2,1H3/t12-/m0/s1. The van der Waals surface area contributed by atoms with Crippen molar-refractivity contribution in [2.45, 2.75) is 19.5 Å². The Balaban J connectivity index is 1.99. The smallest absolute Gasteiger partial charge is 0.120 e. The average molecular weight is 227 g/mol. The summed E-state index contributed by atoms with van der Waals surface area (Å²) >= 11 is 0. The zero-order chi connectivity index (χ0) is 12.1. The third kappa shape index (κ3) is 3.08. The molecule has 0 aromatic heterocycles. The quantitative estimate of drug-likeness (QED) is 0.840. The fraction of sp³-hybridized carbons (Fsp3) is 0.200. The van der Waals surface area contributed by atoms with Crippen molar-refractivity contribution in [1.82, 2.24) is 5.32 Å². The van der Waals surface area contributed by atoms with Gasteiger partial charge >= 0.3 is 0 Å². The molecule has 0 radical (unpaired) electrons. The van der Waals surface area contributed by atoms with E-state index in [2.05, 4.69) is 24.4 Å². The molecule has 0 spiro atoms. The Morgan fingerprint density at radius 3 is 2.35 bits per heavy atom. The molecule has 1 atom stereocenters. The van der Waals surface area contributed by atoms with Crippen LogP contribution >= 0.6 is 0 Å². The number of phenols is 1. The van der Waals surface area contributed by atoms with Crippen LogP contribution in [0.25, 0.3) is 0 Å². The summed E-state index contributed by atoms with van der Waals surface area (Å²) in [7, 11) is 0. The summed E-state index contributed by atoms with van der Waals surface area (Å²) < 4.78 is 0. The number of benzene rings is 2. The van der Waals surface area contributed by atoms with E-state index in [1.807, 2.05) is 36.4 Å². The first kappa shape index (κ1) is 11.7. The summed E-state index contributed by atoms with van der Waals surface area (Å²) in [4.78, 5) is 0. The highest BCUT2D eigenvalue weighted by Gasteiger charge is 2.08. The minimum Gasteiger partial charge on any atom is -0.508 e. The number of para-hydroxylation sites is 1. The Hall–Kier alpha value is -1.80. The Morgan fingerprint density at radius 1 is 1.00 bits per heavy atom. The number of rotatable bonds is 4. The molecule has 0 bridgehead atoms. The highest BCUT2D eigenvalue weighted by Crippen LogP contribution is 2.23. The molecular formula is C15H17NO. The van der Waals surface area contributed by atoms with Crippen molar-refractivity contribution in [3.63, 3.8) is 0 Å².